The minimum absolute atomic E-state index is 0.171. The molecular formula is C19H30N2O2. The molecule has 0 radical (unpaired) electrons. The predicted molar refractivity (Wildman–Crippen MR) is 93.2 cm³/mol. The molecule has 1 aromatic rings. The zero-order chi connectivity index (χ0) is 16.9. The van der Waals surface area contributed by atoms with Crippen LogP contribution in [0.2, 0.25) is 0 Å². The third-order valence-electron chi connectivity index (χ3n) is 5.17. The summed E-state index contributed by atoms with van der Waals surface area (Å²) in [4.78, 5) is 14.3. The lowest BCUT2D eigenvalue weighted by molar-refractivity contribution is -0.131. The highest BCUT2D eigenvalue weighted by atomic mass is 16.5. The van der Waals surface area contributed by atoms with Crippen molar-refractivity contribution in [3.05, 3.63) is 35.4 Å². The van der Waals surface area contributed by atoms with Gasteiger partial charge in [-0.15, -0.1) is 0 Å². The van der Waals surface area contributed by atoms with Gasteiger partial charge in [-0.2, -0.15) is 0 Å². The van der Waals surface area contributed by atoms with E-state index >= 15 is 0 Å². The molecular weight excluding hydrogens is 288 g/mol. The van der Waals surface area contributed by atoms with Gasteiger partial charge in [-0.3, -0.25) is 9.69 Å². The number of rotatable bonds is 7. The van der Waals surface area contributed by atoms with Gasteiger partial charge in [-0.25, -0.2) is 0 Å². The highest BCUT2D eigenvalue weighted by molar-refractivity contribution is 5.81. The van der Waals surface area contributed by atoms with Crippen molar-refractivity contribution in [2.75, 3.05) is 26.8 Å². The number of piperidine rings is 1. The SMILES string of the molecule is COCCC1(C(N)=O)CCN(Cc2ccc(C(C)C)cc2)CC1. The highest BCUT2D eigenvalue weighted by Crippen LogP contribution is 2.35. The summed E-state index contributed by atoms with van der Waals surface area (Å²) in [6, 6.07) is 8.87. The molecule has 128 valence electrons. The van der Waals surface area contributed by atoms with E-state index in [0.717, 1.165) is 38.9 Å². The summed E-state index contributed by atoms with van der Waals surface area (Å²) in [7, 11) is 1.67. The van der Waals surface area contributed by atoms with E-state index in [0.29, 0.717) is 12.5 Å². The maximum atomic E-state index is 11.9. The molecule has 0 atom stereocenters. The largest absolute Gasteiger partial charge is 0.385 e. The van der Waals surface area contributed by atoms with Crippen LogP contribution in [0.5, 0.6) is 0 Å². The van der Waals surface area contributed by atoms with Crippen molar-refractivity contribution in [3.8, 4) is 0 Å². The normalized spacial score (nSPS) is 18.3. The first-order valence-corrected chi connectivity index (χ1v) is 8.57. The Morgan fingerprint density at radius 3 is 2.35 bits per heavy atom. The quantitative estimate of drug-likeness (QED) is 0.841. The second-order valence-electron chi connectivity index (χ2n) is 7.06. The fraction of sp³-hybridized carbons (Fsp3) is 0.632. The van der Waals surface area contributed by atoms with Crippen molar-refractivity contribution in [2.24, 2.45) is 11.1 Å². The zero-order valence-corrected chi connectivity index (χ0v) is 14.7. The van der Waals surface area contributed by atoms with Crippen LogP contribution in [0.4, 0.5) is 0 Å². The van der Waals surface area contributed by atoms with E-state index in [1.54, 1.807) is 7.11 Å². The number of hydrogen-bond donors (Lipinski definition) is 1. The highest BCUT2D eigenvalue weighted by Gasteiger charge is 2.39. The average molecular weight is 318 g/mol. The molecule has 4 heteroatoms. The molecule has 0 saturated carbocycles. The van der Waals surface area contributed by atoms with Gasteiger partial charge in [0.25, 0.3) is 0 Å². The van der Waals surface area contributed by atoms with Gasteiger partial charge in [0.1, 0.15) is 0 Å². The average Bonchev–Trinajstić information content (AvgIpc) is 2.54. The van der Waals surface area contributed by atoms with Gasteiger partial charge >= 0.3 is 0 Å². The number of carbonyl (C=O) groups excluding carboxylic acids is 1. The Morgan fingerprint density at radius 2 is 1.87 bits per heavy atom. The first kappa shape index (κ1) is 18.0. The molecule has 4 nitrogen and oxygen atoms in total. The molecule has 2 rings (SSSR count). The zero-order valence-electron chi connectivity index (χ0n) is 14.7. The number of primary amides is 1. The summed E-state index contributed by atoms with van der Waals surface area (Å²) >= 11 is 0. The van der Waals surface area contributed by atoms with Crippen LogP contribution in [0.25, 0.3) is 0 Å². The van der Waals surface area contributed by atoms with E-state index in [9.17, 15) is 4.79 Å². The smallest absolute Gasteiger partial charge is 0.223 e. The molecule has 0 aromatic heterocycles. The minimum Gasteiger partial charge on any atom is -0.385 e. The van der Waals surface area contributed by atoms with E-state index in [-0.39, 0.29) is 11.3 Å². The first-order valence-electron chi connectivity index (χ1n) is 8.57. The van der Waals surface area contributed by atoms with Crippen molar-refractivity contribution in [3.63, 3.8) is 0 Å². The lowest BCUT2D eigenvalue weighted by Crippen LogP contribution is -2.47. The molecule has 0 unspecified atom stereocenters. The van der Waals surface area contributed by atoms with Gasteiger partial charge in [0.05, 0.1) is 5.41 Å². The summed E-state index contributed by atoms with van der Waals surface area (Å²) in [5.41, 5.74) is 8.00. The van der Waals surface area contributed by atoms with Crippen LogP contribution < -0.4 is 5.73 Å². The number of likely N-dealkylation sites (tertiary alicyclic amines) is 1. The Labute approximate surface area is 140 Å². The molecule has 1 aliphatic rings. The third kappa shape index (κ3) is 4.55. The molecule has 0 bridgehead atoms. The standard InChI is InChI=1S/C19H30N2O2/c1-15(2)17-6-4-16(5-7-17)14-21-11-8-19(9-12-21,18(20)22)10-13-23-3/h4-7,15H,8-14H2,1-3H3,(H2,20,22). The Kier molecular flexibility index (Phi) is 6.19. The number of ether oxygens (including phenoxy) is 1. The molecule has 1 heterocycles. The van der Waals surface area contributed by atoms with Gasteiger partial charge in [-0.1, -0.05) is 38.1 Å². The van der Waals surface area contributed by atoms with Crippen LogP contribution in [-0.4, -0.2) is 37.6 Å². The number of methoxy groups -OCH3 is 1. The van der Waals surface area contributed by atoms with Crippen molar-refractivity contribution in [2.45, 2.75) is 45.6 Å². The molecule has 1 saturated heterocycles. The summed E-state index contributed by atoms with van der Waals surface area (Å²) in [6.45, 7) is 7.79. The summed E-state index contributed by atoms with van der Waals surface area (Å²) in [5, 5.41) is 0. The van der Waals surface area contributed by atoms with Gasteiger partial charge in [0.2, 0.25) is 5.91 Å². The van der Waals surface area contributed by atoms with Gasteiger partial charge in [-0.05, 0) is 49.4 Å². The van der Waals surface area contributed by atoms with Crippen LogP contribution in [0, 0.1) is 5.41 Å². The van der Waals surface area contributed by atoms with E-state index in [4.69, 9.17) is 10.5 Å². The molecule has 0 aliphatic carbocycles. The summed E-state index contributed by atoms with van der Waals surface area (Å²) in [6.07, 6.45) is 2.39. The van der Waals surface area contributed by atoms with Crippen LogP contribution >= 0.6 is 0 Å². The third-order valence-corrected chi connectivity index (χ3v) is 5.17. The van der Waals surface area contributed by atoms with Gasteiger partial charge in [0, 0.05) is 20.3 Å². The molecule has 0 spiro atoms. The van der Waals surface area contributed by atoms with E-state index in [1.807, 2.05) is 0 Å². The molecule has 1 fully saturated rings. The fourth-order valence-corrected chi connectivity index (χ4v) is 3.32. The number of benzene rings is 1. The van der Waals surface area contributed by atoms with E-state index < -0.39 is 0 Å². The maximum Gasteiger partial charge on any atom is 0.223 e. The number of amides is 1. The predicted octanol–water partition coefficient (Wildman–Crippen LogP) is 2.91. The van der Waals surface area contributed by atoms with Crippen molar-refractivity contribution in [1.29, 1.82) is 0 Å². The number of nitrogens with two attached hydrogens (primary N) is 1. The fourth-order valence-electron chi connectivity index (χ4n) is 3.32. The number of carbonyl (C=O) groups is 1. The van der Waals surface area contributed by atoms with E-state index in [2.05, 4.69) is 43.0 Å². The first-order chi connectivity index (χ1) is 11.0. The Bertz CT molecular complexity index is 503. The van der Waals surface area contributed by atoms with Crippen LogP contribution in [0.1, 0.15) is 50.2 Å². The maximum absolute atomic E-state index is 11.9. The Hall–Kier alpha value is -1.39. The molecule has 23 heavy (non-hydrogen) atoms. The number of hydrogen-bond acceptors (Lipinski definition) is 3. The van der Waals surface area contributed by atoms with Crippen molar-refractivity contribution < 1.29 is 9.53 Å². The minimum atomic E-state index is -0.381. The monoisotopic (exact) mass is 318 g/mol. The lowest BCUT2D eigenvalue weighted by atomic mass is 9.75. The van der Waals surface area contributed by atoms with Crippen LogP contribution in [0.15, 0.2) is 24.3 Å². The molecule has 1 aromatic carbocycles. The van der Waals surface area contributed by atoms with E-state index in [1.165, 1.54) is 11.1 Å². The topological polar surface area (TPSA) is 55.6 Å². The van der Waals surface area contributed by atoms with Gasteiger partial charge < -0.3 is 10.5 Å². The molecule has 1 amide bonds. The second kappa shape index (κ2) is 7.93. The lowest BCUT2D eigenvalue weighted by Gasteiger charge is -2.39. The summed E-state index contributed by atoms with van der Waals surface area (Å²) in [5.74, 6) is 0.395. The second-order valence-corrected chi connectivity index (χ2v) is 7.06. The van der Waals surface area contributed by atoms with Crippen LogP contribution in [0.3, 0.4) is 0 Å². The molecule has 2 N–H and O–H groups in total. The van der Waals surface area contributed by atoms with Crippen LogP contribution in [-0.2, 0) is 16.1 Å². The van der Waals surface area contributed by atoms with Crippen molar-refractivity contribution >= 4 is 5.91 Å². The number of nitrogens with zero attached hydrogens (tertiary/aromatic N) is 1. The Morgan fingerprint density at radius 1 is 1.26 bits per heavy atom. The Balaban J connectivity index is 1.91. The van der Waals surface area contributed by atoms with Crippen molar-refractivity contribution in [1.82, 2.24) is 4.90 Å². The van der Waals surface area contributed by atoms with Gasteiger partial charge in [0.15, 0.2) is 0 Å². The summed E-state index contributed by atoms with van der Waals surface area (Å²) < 4.78 is 5.15. The molecule has 1 aliphatic heterocycles.